The molecule has 32 heavy (non-hydrogen) atoms. The molecule has 0 aliphatic heterocycles. The minimum Gasteiger partial charge on any atom is -0.350 e. The van der Waals surface area contributed by atoms with Crippen LogP contribution < -0.4 is 10.6 Å². The summed E-state index contributed by atoms with van der Waals surface area (Å²) in [5, 5.41) is 7.63. The Morgan fingerprint density at radius 1 is 1.00 bits per heavy atom. The maximum atomic E-state index is 12.7. The molecule has 1 aromatic carbocycles. The normalized spacial score (nSPS) is 10.6. The molecule has 3 amide bonds. The van der Waals surface area contributed by atoms with Gasteiger partial charge in [0.15, 0.2) is 5.13 Å². The highest BCUT2D eigenvalue weighted by atomic mass is 32.1. The second kappa shape index (κ2) is 11.1. The lowest BCUT2D eigenvalue weighted by atomic mass is 10.1. The predicted molar refractivity (Wildman–Crippen MR) is 123 cm³/mol. The first-order valence-electron chi connectivity index (χ1n) is 10.2. The van der Waals surface area contributed by atoms with Crippen molar-refractivity contribution < 1.29 is 14.4 Å². The molecule has 0 fully saturated rings. The van der Waals surface area contributed by atoms with Gasteiger partial charge in [-0.1, -0.05) is 24.3 Å². The number of carbonyl (C=O) groups is 3. The zero-order valence-electron chi connectivity index (χ0n) is 17.9. The van der Waals surface area contributed by atoms with Crippen LogP contribution in [0.3, 0.4) is 0 Å². The summed E-state index contributed by atoms with van der Waals surface area (Å²) in [4.78, 5) is 47.4. The number of nitrogens with zero attached hydrogens (tertiary/aromatic N) is 3. The Balaban J connectivity index is 1.52. The molecule has 9 heteroatoms. The molecule has 0 saturated carbocycles. The van der Waals surface area contributed by atoms with Crippen molar-refractivity contribution in [3.8, 4) is 0 Å². The van der Waals surface area contributed by atoms with Crippen LogP contribution in [0.1, 0.15) is 35.6 Å². The molecule has 2 aromatic heterocycles. The second-order valence-corrected chi connectivity index (χ2v) is 8.22. The van der Waals surface area contributed by atoms with Crippen molar-refractivity contribution in [1.29, 1.82) is 0 Å². The van der Waals surface area contributed by atoms with E-state index in [1.807, 2.05) is 38.1 Å². The molecule has 3 rings (SSSR count). The molecule has 0 saturated heterocycles. The molecular formula is C23H25N5O3S. The molecule has 0 unspecified atom stereocenters. The minimum atomic E-state index is -0.344. The molecular weight excluding hydrogens is 426 g/mol. The maximum Gasteiger partial charge on any atom is 0.254 e. The van der Waals surface area contributed by atoms with E-state index >= 15 is 0 Å². The lowest BCUT2D eigenvalue weighted by Crippen LogP contribution is -2.42. The third-order valence-electron chi connectivity index (χ3n) is 4.55. The van der Waals surface area contributed by atoms with Gasteiger partial charge in [0.2, 0.25) is 11.8 Å². The van der Waals surface area contributed by atoms with E-state index in [2.05, 4.69) is 20.6 Å². The molecule has 8 nitrogen and oxygen atoms in total. The van der Waals surface area contributed by atoms with Crippen molar-refractivity contribution in [1.82, 2.24) is 20.2 Å². The largest absolute Gasteiger partial charge is 0.350 e. The number of aromatic nitrogens is 2. The van der Waals surface area contributed by atoms with E-state index in [0.717, 1.165) is 5.69 Å². The van der Waals surface area contributed by atoms with Gasteiger partial charge in [0.05, 0.1) is 24.4 Å². The SMILES string of the molecule is CC(C)N(CC(=O)Nc1nc(CC(=O)NCc2ccccn2)cs1)C(=O)c1ccccc1. The van der Waals surface area contributed by atoms with Crippen molar-refractivity contribution in [2.24, 2.45) is 0 Å². The van der Waals surface area contributed by atoms with Crippen molar-refractivity contribution in [2.45, 2.75) is 32.9 Å². The number of nitrogens with one attached hydrogen (secondary N) is 2. The van der Waals surface area contributed by atoms with Gasteiger partial charge in [-0.3, -0.25) is 19.4 Å². The highest BCUT2D eigenvalue weighted by Gasteiger charge is 2.22. The number of hydrogen-bond donors (Lipinski definition) is 2. The highest BCUT2D eigenvalue weighted by Crippen LogP contribution is 2.16. The van der Waals surface area contributed by atoms with E-state index in [9.17, 15) is 14.4 Å². The van der Waals surface area contributed by atoms with Crippen LogP contribution in [0.5, 0.6) is 0 Å². The van der Waals surface area contributed by atoms with Crippen LogP contribution in [-0.4, -0.2) is 45.2 Å². The monoisotopic (exact) mass is 451 g/mol. The smallest absolute Gasteiger partial charge is 0.254 e. The number of pyridine rings is 1. The number of thiazole rings is 1. The van der Waals surface area contributed by atoms with Crippen LogP contribution in [0.15, 0.2) is 60.1 Å². The van der Waals surface area contributed by atoms with Gasteiger partial charge in [-0.25, -0.2) is 4.98 Å². The topological polar surface area (TPSA) is 104 Å². The van der Waals surface area contributed by atoms with Crippen LogP contribution in [-0.2, 0) is 22.6 Å². The van der Waals surface area contributed by atoms with Gasteiger partial charge in [-0.05, 0) is 38.1 Å². The van der Waals surface area contributed by atoms with Crippen molar-refractivity contribution in [3.05, 3.63) is 77.1 Å². The summed E-state index contributed by atoms with van der Waals surface area (Å²) in [5.74, 6) is -0.734. The molecule has 0 spiro atoms. The van der Waals surface area contributed by atoms with Crippen LogP contribution in [0.4, 0.5) is 5.13 Å². The summed E-state index contributed by atoms with van der Waals surface area (Å²) >= 11 is 1.24. The van der Waals surface area contributed by atoms with Gasteiger partial charge in [-0.2, -0.15) is 0 Å². The van der Waals surface area contributed by atoms with Gasteiger partial charge in [0, 0.05) is 23.2 Å². The Morgan fingerprint density at radius 2 is 1.75 bits per heavy atom. The first-order valence-corrected chi connectivity index (χ1v) is 11.1. The van der Waals surface area contributed by atoms with Gasteiger partial charge in [0.25, 0.3) is 5.91 Å². The molecule has 0 radical (unpaired) electrons. The average Bonchev–Trinajstić information content (AvgIpc) is 3.23. The summed E-state index contributed by atoms with van der Waals surface area (Å²) in [6.45, 7) is 3.97. The zero-order valence-corrected chi connectivity index (χ0v) is 18.8. The van der Waals surface area contributed by atoms with Crippen LogP contribution in [0, 0.1) is 0 Å². The Morgan fingerprint density at radius 3 is 2.44 bits per heavy atom. The van der Waals surface area contributed by atoms with E-state index in [-0.39, 0.29) is 36.7 Å². The number of anilines is 1. The van der Waals surface area contributed by atoms with E-state index in [0.29, 0.717) is 22.9 Å². The first kappa shape index (κ1) is 23.1. The Labute approximate surface area is 190 Å². The third-order valence-corrected chi connectivity index (χ3v) is 5.36. The molecule has 0 atom stereocenters. The van der Waals surface area contributed by atoms with E-state index in [1.165, 1.54) is 16.2 Å². The van der Waals surface area contributed by atoms with Gasteiger partial charge in [-0.15, -0.1) is 11.3 Å². The molecule has 0 aliphatic rings. The molecule has 166 valence electrons. The lowest BCUT2D eigenvalue weighted by molar-refractivity contribution is -0.120. The summed E-state index contributed by atoms with van der Waals surface area (Å²) in [6.07, 6.45) is 1.77. The van der Waals surface area contributed by atoms with Gasteiger partial charge in [0.1, 0.15) is 6.54 Å². The minimum absolute atomic E-state index is 0.0924. The summed E-state index contributed by atoms with van der Waals surface area (Å²) in [5.41, 5.74) is 1.86. The standard InChI is InChI=1S/C23H25N5O3S/c1-16(2)28(22(31)17-8-4-3-5-9-17)14-21(30)27-23-26-19(15-32-23)12-20(29)25-13-18-10-6-7-11-24-18/h3-11,15-16H,12-14H2,1-2H3,(H,25,29)(H,26,27,30). The number of rotatable bonds is 9. The van der Waals surface area contributed by atoms with Gasteiger partial charge < -0.3 is 15.5 Å². The fraction of sp³-hybridized carbons (Fsp3) is 0.261. The average molecular weight is 452 g/mol. The molecule has 3 aromatic rings. The Bertz CT molecular complexity index is 1050. The summed E-state index contributed by atoms with van der Waals surface area (Å²) in [6, 6.07) is 14.2. The quantitative estimate of drug-likeness (QED) is 0.521. The van der Waals surface area contributed by atoms with Crippen molar-refractivity contribution in [3.63, 3.8) is 0 Å². The third kappa shape index (κ3) is 6.71. The highest BCUT2D eigenvalue weighted by molar-refractivity contribution is 7.13. The van der Waals surface area contributed by atoms with Crippen LogP contribution in [0.2, 0.25) is 0 Å². The number of benzene rings is 1. The molecule has 0 aliphatic carbocycles. The second-order valence-electron chi connectivity index (χ2n) is 7.36. The van der Waals surface area contributed by atoms with Crippen molar-refractivity contribution >= 4 is 34.2 Å². The fourth-order valence-corrected chi connectivity index (χ4v) is 3.64. The lowest BCUT2D eigenvalue weighted by Gasteiger charge is -2.26. The summed E-state index contributed by atoms with van der Waals surface area (Å²) in [7, 11) is 0. The van der Waals surface area contributed by atoms with E-state index in [1.54, 1.807) is 35.8 Å². The zero-order chi connectivity index (χ0) is 22.9. The first-order chi connectivity index (χ1) is 15.4. The van der Waals surface area contributed by atoms with Crippen LogP contribution >= 0.6 is 11.3 Å². The Hall–Kier alpha value is -3.59. The molecule has 2 heterocycles. The maximum absolute atomic E-state index is 12.7. The number of hydrogen-bond acceptors (Lipinski definition) is 6. The Kier molecular flexibility index (Phi) is 8.04. The number of carbonyl (C=O) groups excluding carboxylic acids is 3. The van der Waals surface area contributed by atoms with E-state index < -0.39 is 0 Å². The van der Waals surface area contributed by atoms with Crippen molar-refractivity contribution in [2.75, 3.05) is 11.9 Å². The number of amides is 3. The summed E-state index contributed by atoms with van der Waals surface area (Å²) < 4.78 is 0. The van der Waals surface area contributed by atoms with Gasteiger partial charge >= 0.3 is 0 Å². The molecule has 2 N–H and O–H groups in total. The fourth-order valence-electron chi connectivity index (χ4n) is 2.91. The molecule has 0 bridgehead atoms. The van der Waals surface area contributed by atoms with E-state index in [4.69, 9.17) is 0 Å². The predicted octanol–water partition coefficient (Wildman–Crippen LogP) is 2.89. The van der Waals surface area contributed by atoms with Crippen LogP contribution in [0.25, 0.3) is 0 Å².